The van der Waals surface area contributed by atoms with Gasteiger partial charge < -0.3 is 5.73 Å². The fraction of sp³-hybridized carbons (Fsp3) is 0.462. The molecule has 1 atom stereocenters. The highest BCUT2D eigenvalue weighted by molar-refractivity contribution is 5.76. The van der Waals surface area contributed by atoms with Crippen LogP contribution in [0.3, 0.4) is 0 Å². The third kappa shape index (κ3) is 4.15. The zero-order valence-corrected chi connectivity index (χ0v) is 9.28. The van der Waals surface area contributed by atoms with Gasteiger partial charge in [0.05, 0.1) is 0 Å². The second-order valence-electron chi connectivity index (χ2n) is 3.93. The van der Waals surface area contributed by atoms with Crippen molar-refractivity contribution >= 4 is 5.91 Å². The lowest BCUT2D eigenvalue weighted by atomic mass is 9.94. The number of benzene rings is 1. The first-order valence-corrected chi connectivity index (χ1v) is 5.57. The zero-order chi connectivity index (χ0) is 11.1. The van der Waals surface area contributed by atoms with Crippen LogP contribution in [0.2, 0.25) is 0 Å². The molecule has 1 aromatic carbocycles. The number of rotatable bonds is 6. The lowest BCUT2D eigenvalue weighted by Gasteiger charge is -2.12. The standard InChI is InChI=1S/C13H19NO/c1-2-3-9-12(13(14)15)10-11-7-5-4-6-8-11/h4-8,12H,2-3,9-10H2,1H3,(H2,14,15)/t12-/m1/s1. The summed E-state index contributed by atoms with van der Waals surface area (Å²) in [6, 6.07) is 10.1. The van der Waals surface area contributed by atoms with Crippen molar-refractivity contribution in [1.29, 1.82) is 0 Å². The second-order valence-corrected chi connectivity index (χ2v) is 3.93. The van der Waals surface area contributed by atoms with Gasteiger partial charge in [0.2, 0.25) is 5.91 Å². The highest BCUT2D eigenvalue weighted by atomic mass is 16.1. The van der Waals surface area contributed by atoms with E-state index in [-0.39, 0.29) is 11.8 Å². The van der Waals surface area contributed by atoms with Crippen LogP contribution in [-0.4, -0.2) is 5.91 Å². The number of hydrogen-bond donors (Lipinski definition) is 1. The van der Waals surface area contributed by atoms with Gasteiger partial charge in [0.15, 0.2) is 0 Å². The van der Waals surface area contributed by atoms with Gasteiger partial charge in [-0.05, 0) is 18.4 Å². The summed E-state index contributed by atoms with van der Waals surface area (Å²) in [4.78, 5) is 11.2. The zero-order valence-electron chi connectivity index (χ0n) is 9.28. The quantitative estimate of drug-likeness (QED) is 0.762. The summed E-state index contributed by atoms with van der Waals surface area (Å²) < 4.78 is 0. The van der Waals surface area contributed by atoms with Crippen LogP contribution >= 0.6 is 0 Å². The summed E-state index contributed by atoms with van der Waals surface area (Å²) in [7, 11) is 0. The smallest absolute Gasteiger partial charge is 0.220 e. The molecule has 0 heterocycles. The SMILES string of the molecule is CCCC[C@H](Cc1ccccc1)C(N)=O. The molecule has 0 fully saturated rings. The van der Waals surface area contributed by atoms with Gasteiger partial charge in [0.25, 0.3) is 0 Å². The molecule has 2 heteroatoms. The van der Waals surface area contributed by atoms with E-state index in [1.54, 1.807) is 0 Å². The van der Waals surface area contributed by atoms with Crippen molar-refractivity contribution in [3.63, 3.8) is 0 Å². The third-order valence-electron chi connectivity index (χ3n) is 2.63. The summed E-state index contributed by atoms with van der Waals surface area (Å²) in [5.74, 6) is -0.181. The maximum absolute atomic E-state index is 11.2. The highest BCUT2D eigenvalue weighted by Crippen LogP contribution is 2.14. The summed E-state index contributed by atoms with van der Waals surface area (Å²) in [5.41, 5.74) is 6.58. The minimum absolute atomic E-state index is 0.00708. The Morgan fingerprint density at radius 3 is 2.53 bits per heavy atom. The Morgan fingerprint density at radius 2 is 2.00 bits per heavy atom. The molecule has 0 bridgehead atoms. The Balaban J connectivity index is 2.55. The van der Waals surface area contributed by atoms with Crippen LogP contribution < -0.4 is 5.73 Å². The van der Waals surface area contributed by atoms with Gasteiger partial charge in [0.1, 0.15) is 0 Å². The van der Waals surface area contributed by atoms with Crippen LogP contribution in [0.5, 0.6) is 0 Å². The average molecular weight is 205 g/mol. The number of hydrogen-bond acceptors (Lipinski definition) is 1. The molecular formula is C13H19NO. The molecule has 0 spiro atoms. The van der Waals surface area contributed by atoms with Gasteiger partial charge in [-0.25, -0.2) is 0 Å². The topological polar surface area (TPSA) is 43.1 Å². The van der Waals surface area contributed by atoms with Crippen molar-refractivity contribution in [3.05, 3.63) is 35.9 Å². The molecule has 0 aliphatic carbocycles. The molecule has 0 aliphatic rings. The second kappa shape index (κ2) is 6.23. The van der Waals surface area contributed by atoms with E-state index in [9.17, 15) is 4.79 Å². The normalized spacial score (nSPS) is 12.3. The van der Waals surface area contributed by atoms with Crippen molar-refractivity contribution in [2.75, 3.05) is 0 Å². The van der Waals surface area contributed by atoms with E-state index in [1.807, 2.05) is 30.3 Å². The molecule has 82 valence electrons. The van der Waals surface area contributed by atoms with Crippen molar-refractivity contribution in [1.82, 2.24) is 0 Å². The Kier molecular flexibility index (Phi) is 4.88. The molecular weight excluding hydrogens is 186 g/mol. The van der Waals surface area contributed by atoms with Crippen molar-refractivity contribution in [2.24, 2.45) is 11.7 Å². The van der Waals surface area contributed by atoms with Crippen LogP contribution in [-0.2, 0) is 11.2 Å². The number of carbonyl (C=O) groups is 1. The molecule has 0 saturated heterocycles. The molecule has 1 rings (SSSR count). The van der Waals surface area contributed by atoms with E-state index in [0.29, 0.717) is 0 Å². The number of primary amides is 1. The van der Waals surface area contributed by atoms with Crippen molar-refractivity contribution in [2.45, 2.75) is 32.6 Å². The predicted octanol–water partition coefficient (Wildman–Crippen LogP) is 2.52. The highest BCUT2D eigenvalue weighted by Gasteiger charge is 2.14. The van der Waals surface area contributed by atoms with E-state index in [2.05, 4.69) is 6.92 Å². The van der Waals surface area contributed by atoms with Crippen molar-refractivity contribution in [3.8, 4) is 0 Å². The number of unbranched alkanes of at least 4 members (excludes halogenated alkanes) is 1. The summed E-state index contributed by atoms with van der Waals surface area (Å²) in [6.07, 6.45) is 3.86. The van der Waals surface area contributed by atoms with Crippen LogP contribution in [0.4, 0.5) is 0 Å². The van der Waals surface area contributed by atoms with Crippen LogP contribution in [0, 0.1) is 5.92 Å². The molecule has 2 N–H and O–H groups in total. The average Bonchev–Trinajstić information content (AvgIpc) is 2.25. The van der Waals surface area contributed by atoms with Crippen LogP contribution in [0.15, 0.2) is 30.3 Å². The van der Waals surface area contributed by atoms with Crippen LogP contribution in [0.25, 0.3) is 0 Å². The summed E-state index contributed by atoms with van der Waals surface area (Å²) >= 11 is 0. The van der Waals surface area contributed by atoms with E-state index in [0.717, 1.165) is 25.7 Å². The first kappa shape index (κ1) is 11.8. The molecule has 0 aliphatic heterocycles. The first-order chi connectivity index (χ1) is 7.24. The fourth-order valence-electron chi connectivity index (χ4n) is 1.69. The molecule has 1 aromatic rings. The molecule has 0 radical (unpaired) electrons. The third-order valence-corrected chi connectivity index (χ3v) is 2.63. The molecule has 1 amide bonds. The summed E-state index contributed by atoms with van der Waals surface area (Å²) in [5, 5.41) is 0. The van der Waals surface area contributed by atoms with Gasteiger partial charge in [-0.1, -0.05) is 50.1 Å². The Hall–Kier alpha value is -1.31. The Morgan fingerprint density at radius 1 is 1.33 bits per heavy atom. The lowest BCUT2D eigenvalue weighted by Crippen LogP contribution is -2.25. The first-order valence-electron chi connectivity index (χ1n) is 5.57. The Bertz CT molecular complexity index is 295. The largest absolute Gasteiger partial charge is 0.369 e. The van der Waals surface area contributed by atoms with Crippen molar-refractivity contribution < 1.29 is 4.79 Å². The Labute approximate surface area is 91.5 Å². The van der Waals surface area contributed by atoms with Gasteiger partial charge in [-0.2, -0.15) is 0 Å². The van der Waals surface area contributed by atoms with E-state index >= 15 is 0 Å². The van der Waals surface area contributed by atoms with Crippen LogP contribution in [0.1, 0.15) is 31.7 Å². The minimum Gasteiger partial charge on any atom is -0.369 e. The molecule has 0 aromatic heterocycles. The molecule has 0 saturated carbocycles. The van der Waals surface area contributed by atoms with Gasteiger partial charge in [-0.3, -0.25) is 4.79 Å². The van der Waals surface area contributed by atoms with E-state index < -0.39 is 0 Å². The molecule has 0 unspecified atom stereocenters. The minimum atomic E-state index is -0.174. The number of nitrogens with two attached hydrogens (primary N) is 1. The maximum atomic E-state index is 11.2. The molecule has 2 nitrogen and oxygen atoms in total. The van der Waals surface area contributed by atoms with Gasteiger partial charge in [0, 0.05) is 5.92 Å². The van der Waals surface area contributed by atoms with Gasteiger partial charge >= 0.3 is 0 Å². The number of carbonyl (C=O) groups excluding carboxylic acids is 1. The lowest BCUT2D eigenvalue weighted by molar-refractivity contribution is -0.122. The maximum Gasteiger partial charge on any atom is 0.220 e. The van der Waals surface area contributed by atoms with E-state index in [1.165, 1.54) is 5.56 Å². The molecule has 15 heavy (non-hydrogen) atoms. The van der Waals surface area contributed by atoms with E-state index in [4.69, 9.17) is 5.73 Å². The number of amides is 1. The monoisotopic (exact) mass is 205 g/mol. The summed E-state index contributed by atoms with van der Waals surface area (Å²) in [6.45, 7) is 2.13. The fourth-order valence-corrected chi connectivity index (χ4v) is 1.69. The predicted molar refractivity (Wildman–Crippen MR) is 62.4 cm³/mol. The van der Waals surface area contributed by atoms with Gasteiger partial charge in [-0.15, -0.1) is 0 Å².